The fourth-order valence-electron chi connectivity index (χ4n) is 1.94. The highest BCUT2D eigenvalue weighted by atomic mass is 16.2. The van der Waals surface area contributed by atoms with Crippen molar-refractivity contribution in [1.29, 1.82) is 0 Å². The van der Waals surface area contributed by atoms with Gasteiger partial charge in [-0.2, -0.15) is 0 Å². The van der Waals surface area contributed by atoms with Crippen LogP contribution in [0.1, 0.15) is 46.0 Å². The first-order valence-corrected chi connectivity index (χ1v) is 6.16. The number of hydrogen-bond donors (Lipinski definition) is 1. The van der Waals surface area contributed by atoms with Crippen molar-refractivity contribution < 1.29 is 9.59 Å². The first-order chi connectivity index (χ1) is 7.59. The van der Waals surface area contributed by atoms with E-state index in [1.807, 2.05) is 18.7 Å². The van der Waals surface area contributed by atoms with Crippen molar-refractivity contribution in [1.82, 2.24) is 10.2 Å². The minimum absolute atomic E-state index is 0.00181. The van der Waals surface area contributed by atoms with Crippen LogP contribution in [0.15, 0.2) is 0 Å². The van der Waals surface area contributed by atoms with Gasteiger partial charge in [-0.25, -0.2) is 0 Å². The molecule has 0 unspecified atom stereocenters. The summed E-state index contributed by atoms with van der Waals surface area (Å²) in [5, 5.41) is 2.74. The summed E-state index contributed by atoms with van der Waals surface area (Å²) in [6, 6.07) is 0.101. The van der Waals surface area contributed by atoms with Crippen molar-refractivity contribution in [3.05, 3.63) is 0 Å². The number of rotatable bonds is 3. The molecule has 1 fully saturated rings. The molecule has 1 heterocycles. The molecular weight excluding hydrogens is 204 g/mol. The molecule has 2 amide bonds. The van der Waals surface area contributed by atoms with Crippen LogP contribution in [0.5, 0.6) is 0 Å². The number of hydrogen-bond acceptors (Lipinski definition) is 2. The Hall–Kier alpha value is -1.06. The van der Waals surface area contributed by atoms with E-state index in [1.54, 1.807) is 0 Å². The first kappa shape index (κ1) is 13.0. The lowest BCUT2D eigenvalue weighted by Gasteiger charge is -2.20. The van der Waals surface area contributed by atoms with Crippen molar-refractivity contribution in [3.63, 3.8) is 0 Å². The fraction of sp³-hybridized carbons (Fsp3) is 0.833. The SMILES string of the molecule is CC(C)NC(=O)CC(=O)N1CCCCCC1. The number of nitrogens with one attached hydrogen (secondary N) is 1. The van der Waals surface area contributed by atoms with Gasteiger partial charge in [0.15, 0.2) is 0 Å². The van der Waals surface area contributed by atoms with Gasteiger partial charge in [0.1, 0.15) is 6.42 Å². The molecule has 16 heavy (non-hydrogen) atoms. The zero-order valence-electron chi connectivity index (χ0n) is 10.3. The van der Waals surface area contributed by atoms with E-state index in [-0.39, 0.29) is 24.3 Å². The van der Waals surface area contributed by atoms with Gasteiger partial charge in [0.25, 0.3) is 0 Å². The Balaban J connectivity index is 2.35. The number of likely N-dealkylation sites (tertiary alicyclic amines) is 1. The zero-order valence-corrected chi connectivity index (χ0v) is 10.3. The highest BCUT2D eigenvalue weighted by molar-refractivity contribution is 5.96. The lowest BCUT2D eigenvalue weighted by molar-refractivity contribution is -0.136. The second-order valence-corrected chi connectivity index (χ2v) is 4.69. The second kappa shape index (κ2) is 6.51. The summed E-state index contributed by atoms with van der Waals surface area (Å²) in [5.41, 5.74) is 0. The van der Waals surface area contributed by atoms with Crippen LogP contribution >= 0.6 is 0 Å². The molecule has 0 aromatic heterocycles. The lowest BCUT2D eigenvalue weighted by Crippen LogP contribution is -2.38. The third-order valence-corrected chi connectivity index (χ3v) is 2.72. The standard InChI is InChI=1S/C12H22N2O2/c1-10(2)13-11(15)9-12(16)14-7-5-3-4-6-8-14/h10H,3-9H2,1-2H3,(H,13,15). The van der Waals surface area contributed by atoms with Crippen molar-refractivity contribution in [2.24, 2.45) is 0 Å². The molecule has 0 aromatic carbocycles. The van der Waals surface area contributed by atoms with E-state index in [9.17, 15) is 9.59 Å². The Kier molecular flexibility index (Phi) is 5.29. The molecular formula is C12H22N2O2. The lowest BCUT2D eigenvalue weighted by atomic mass is 10.2. The molecule has 0 aliphatic carbocycles. The number of carbonyl (C=O) groups is 2. The topological polar surface area (TPSA) is 49.4 Å². The van der Waals surface area contributed by atoms with Gasteiger partial charge in [-0.15, -0.1) is 0 Å². The van der Waals surface area contributed by atoms with E-state index in [0.717, 1.165) is 25.9 Å². The summed E-state index contributed by atoms with van der Waals surface area (Å²) >= 11 is 0. The van der Waals surface area contributed by atoms with Crippen LogP contribution < -0.4 is 5.32 Å². The molecule has 1 aliphatic heterocycles. The maximum absolute atomic E-state index is 11.8. The molecule has 0 atom stereocenters. The third-order valence-electron chi connectivity index (χ3n) is 2.72. The van der Waals surface area contributed by atoms with Crippen molar-refractivity contribution >= 4 is 11.8 Å². The van der Waals surface area contributed by atoms with Gasteiger partial charge in [-0.1, -0.05) is 12.8 Å². The van der Waals surface area contributed by atoms with E-state index in [4.69, 9.17) is 0 Å². The Morgan fingerprint density at radius 1 is 1.12 bits per heavy atom. The summed E-state index contributed by atoms with van der Waals surface area (Å²) in [5.74, 6) is -0.190. The highest BCUT2D eigenvalue weighted by Crippen LogP contribution is 2.10. The van der Waals surface area contributed by atoms with Crippen molar-refractivity contribution in [2.45, 2.75) is 52.0 Å². The van der Waals surface area contributed by atoms with Gasteiger partial charge in [0, 0.05) is 19.1 Å². The van der Waals surface area contributed by atoms with Crippen LogP contribution in [0.4, 0.5) is 0 Å². The molecule has 4 nitrogen and oxygen atoms in total. The first-order valence-electron chi connectivity index (χ1n) is 6.16. The summed E-state index contributed by atoms with van der Waals surface area (Å²) in [6.07, 6.45) is 4.53. The van der Waals surface area contributed by atoms with Gasteiger partial charge < -0.3 is 10.2 Å². The monoisotopic (exact) mass is 226 g/mol. The molecule has 0 aromatic rings. The van der Waals surface area contributed by atoms with Crippen molar-refractivity contribution in [3.8, 4) is 0 Å². The van der Waals surface area contributed by atoms with Crippen LogP contribution in [0.25, 0.3) is 0 Å². The second-order valence-electron chi connectivity index (χ2n) is 4.69. The quantitative estimate of drug-likeness (QED) is 0.737. The third kappa shape index (κ3) is 4.64. The summed E-state index contributed by atoms with van der Waals surface area (Å²) in [7, 11) is 0. The molecule has 1 N–H and O–H groups in total. The number of amides is 2. The van der Waals surface area contributed by atoms with Crippen LogP contribution in [-0.2, 0) is 9.59 Å². The average molecular weight is 226 g/mol. The molecule has 1 saturated heterocycles. The predicted molar refractivity (Wildman–Crippen MR) is 62.9 cm³/mol. The summed E-state index contributed by atoms with van der Waals surface area (Å²) in [4.78, 5) is 25.1. The van der Waals surface area contributed by atoms with Gasteiger partial charge in [0.2, 0.25) is 11.8 Å². The van der Waals surface area contributed by atoms with E-state index >= 15 is 0 Å². The van der Waals surface area contributed by atoms with Gasteiger partial charge >= 0.3 is 0 Å². The molecule has 1 aliphatic rings. The summed E-state index contributed by atoms with van der Waals surface area (Å²) < 4.78 is 0. The summed E-state index contributed by atoms with van der Waals surface area (Å²) in [6.45, 7) is 5.42. The van der Waals surface area contributed by atoms with Crippen LogP contribution in [0.3, 0.4) is 0 Å². The number of carbonyl (C=O) groups excluding carboxylic acids is 2. The fourth-order valence-corrected chi connectivity index (χ4v) is 1.94. The Morgan fingerprint density at radius 3 is 2.19 bits per heavy atom. The minimum Gasteiger partial charge on any atom is -0.353 e. The largest absolute Gasteiger partial charge is 0.353 e. The molecule has 0 bridgehead atoms. The molecule has 0 spiro atoms. The minimum atomic E-state index is -0.163. The smallest absolute Gasteiger partial charge is 0.232 e. The Bertz CT molecular complexity index is 243. The van der Waals surface area contributed by atoms with E-state index in [2.05, 4.69) is 5.32 Å². The molecule has 92 valence electrons. The van der Waals surface area contributed by atoms with E-state index in [1.165, 1.54) is 12.8 Å². The van der Waals surface area contributed by atoms with Crippen LogP contribution in [-0.4, -0.2) is 35.8 Å². The normalized spacial score (nSPS) is 17.1. The van der Waals surface area contributed by atoms with Gasteiger partial charge in [-0.3, -0.25) is 9.59 Å². The Labute approximate surface area is 97.4 Å². The maximum Gasteiger partial charge on any atom is 0.232 e. The van der Waals surface area contributed by atoms with Gasteiger partial charge in [0.05, 0.1) is 0 Å². The van der Waals surface area contributed by atoms with E-state index in [0.29, 0.717) is 0 Å². The molecule has 0 saturated carbocycles. The van der Waals surface area contributed by atoms with Crippen LogP contribution in [0.2, 0.25) is 0 Å². The highest BCUT2D eigenvalue weighted by Gasteiger charge is 2.18. The van der Waals surface area contributed by atoms with Gasteiger partial charge in [-0.05, 0) is 26.7 Å². The molecule has 4 heteroatoms. The number of nitrogens with zero attached hydrogens (tertiary/aromatic N) is 1. The predicted octanol–water partition coefficient (Wildman–Crippen LogP) is 1.30. The maximum atomic E-state index is 11.8. The van der Waals surface area contributed by atoms with Crippen LogP contribution in [0, 0.1) is 0 Å². The Morgan fingerprint density at radius 2 is 1.69 bits per heavy atom. The zero-order chi connectivity index (χ0) is 12.0. The molecule has 0 radical (unpaired) electrons. The molecule has 1 rings (SSSR count). The van der Waals surface area contributed by atoms with E-state index < -0.39 is 0 Å². The average Bonchev–Trinajstić information content (AvgIpc) is 2.43. The van der Waals surface area contributed by atoms with Crippen molar-refractivity contribution in [2.75, 3.05) is 13.1 Å².